The number of hydrogen-bond donors (Lipinski definition) is 0. The Balaban J connectivity index is 2.90. The van der Waals surface area contributed by atoms with Gasteiger partial charge >= 0.3 is 0 Å². The summed E-state index contributed by atoms with van der Waals surface area (Å²) in [5.41, 5.74) is 0.524. The molecule has 13 heavy (non-hydrogen) atoms. The van der Waals surface area contributed by atoms with Gasteiger partial charge in [-0.2, -0.15) is 0 Å². The van der Waals surface area contributed by atoms with Crippen LogP contribution in [0.5, 0.6) is 0 Å². The Morgan fingerprint density at radius 2 is 1.92 bits per heavy atom. The van der Waals surface area contributed by atoms with E-state index in [2.05, 4.69) is 6.58 Å². The van der Waals surface area contributed by atoms with E-state index in [0.717, 1.165) is 0 Å². The number of rotatable bonds is 3. The summed E-state index contributed by atoms with van der Waals surface area (Å²) in [4.78, 5) is 11.4. The van der Waals surface area contributed by atoms with E-state index in [9.17, 15) is 4.79 Å². The van der Waals surface area contributed by atoms with Crippen LogP contribution >= 0.6 is 11.6 Å². The first kappa shape index (κ1) is 9.81. The number of benzene rings is 1. The maximum Gasteiger partial charge on any atom is 0.226 e. The van der Waals surface area contributed by atoms with E-state index in [1.54, 1.807) is 24.3 Å². The Morgan fingerprint density at radius 3 is 2.38 bits per heavy atom. The molecule has 0 fully saturated rings. The molecule has 1 rings (SSSR count). The molecule has 0 aliphatic heterocycles. The lowest BCUT2D eigenvalue weighted by molar-refractivity contribution is 0.0955. The number of carbonyl (C=O) groups excluding carboxylic acids is 1. The minimum atomic E-state index is -0.223. The summed E-state index contributed by atoms with van der Waals surface area (Å²) in [6, 6.07) is 6.57. The number of allylic oxidation sites excluding steroid dienone is 1. The number of Topliss-reactive ketones (excluding diaryl/α,β-unsaturated/α-hetero) is 1. The molecule has 0 atom stereocenters. The second kappa shape index (κ2) is 4.10. The van der Waals surface area contributed by atoms with Gasteiger partial charge in [-0.05, 0) is 24.3 Å². The molecule has 0 amide bonds. The van der Waals surface area contributed by atoms with Gasteiger partial charge < -0.3 is 4.74 Å². The molecule has 0 aromatic heterocycles. The fourth-order valence-electron chi connectivity index (χ4n) is 0.855. The van der Waals surface area contributed by atoms with Gasteiger partial charge in [0.2, 0.25) is 5.78 Å². The van der Waals surface area contributed by atoms with Crippen LogP contribution in [0.3, 0.4) is 0 Å². The molecule has 0 radical (unpaired) electrons. The normalized spacial score (nSPS) is 9.38. The first-order valence-corrected chi connectivity index (χ1v) is 4.06. The van der Waals surface area contributed by atoms with Crippen LogP contribution in [-0.4, -0.2) is 12.9 Å². The first-order valence-electron chi connectivity index (χ1n) is 3.68. The van der Waals surface area contributed by atoms with E-state index < -0.39 is 0 Å². The van der Waals surface area contributed by atoms with E-state index in [-0.39, 0.29) is 11.5 Å². The Hall–Kier alpha value is -1.28. The van der Waals surface area contributed by atoms with E-state index in [1.165, 1.54) is 7.11 Å². The zero-order valence-electron chi connectivity index (χ0n) is 7.21. The topological polar surface area (TPSA) is 26.3 Å². The zero-order valence-corrected chi connectivity index (χ0v) is 7.97. The maximum absolute atomic E-state index is 11.4. The lowest BCUT2D eigenvalue weighted by atomic mass is 10.1. The number of hydrogen-bond acceptors (Lipinski definition) is 2. The summed E-state index contributed by atoms with van der Waals surface area (Å²) >= 11 is 5.66. The van der Waals surface area contributed by atoms with E-state index in [0.29, 0.717) is 10.6 Å². The van der Waals surface area contributed by atoms with Gasteiger partial charge in [0.15, 0.2) is 5.76 Å². The van der Waals surface area contributed by atoms with Gasteiger partial charge in [-0.15, -0.1) is 0 Å². The third-order valence-electron chi connectivity index (χ3n) is 1.61. The van der Waals surface area contributed by atoms with Crippen molar-refractivity contribution in [3.05, 3.63) is 47.2 Å². The molecule has 0 spiro atoms. The van der Waals surface area contributed by atoms with E-state index in [4.69, 9.17) is 16.3 Å². The minimum Gasteiger partial charge on any atom is -0.493 e. The molecule has 1 aromatic carbocycles. The van der Waals surface area contributed by atoms with Gasteiger partial charge in [-0.1, -0.05) is 18.2 Å². The highest BCUT2D eigenvalue weighted by molar-refractivity contribution is 6.30. The number of ether oxygens (including phenoxy) is 1. The SMILES string of the molecule is C=C(OC)C(=O)c1ccc(Cl)cc1. The predicted molar refractivity (Wildman–Crippen MR) is 51.9 cm³/mol. The van der Waals surface area contributed by atoms with Gasteiger partial charge in [0.1, 0.15) is 0 Å². The minimum absolute atomic E-state index is 0.127. The largest absolute Gasteiger partial charge is 0.493 e. The van der Waals surface area contributed by atoms with Crippen molar-refractivity contribution in [2.45, 2.75) is 0 Å². The van der Waals surface area contributed by atoms with Crippen LogP contribution < -0.4 is 0 Å². The Kier molecular flexibility index (Phi) is 3.09. The molecule has 0 unspecified atom stereocenters. The maximum atomic E-state index is 11.4. The fraction of sp³-hybridized carbons (Fsp3) is 0.100. The summed E-state index contributed by atoms with van der Waals surface area (Å²) in [7, 11) is 1.41. The highest BCUT2D eigenvalue weighted by Crippen LogP contribution is 2.12. The molecule has 68 valence electrons. The van der Waals surface area contributed by atoms with Crippen molar-refractivity contribution in [1.29, 1.82) is 0 Å². The first-order chi connectivity index (χ1) is 6.15. The van der Waals surface area contributed by atoms with Crippen molar-refractivity contribution < 1.29 is 9.53 Å². The third kappa shape index (κ3) is 2.33. The second-order valence-corrected chi connectivity index (χ2v) is 2.90. The highest BCUT2D eigenvalue weighted by atomic mass is 35.5. The lowest BCUT2D eigenvalue weighted by Crippen LogP contribution is -2.03. The second-order valence-electron chi connectivity index (χ2n) is 2.46. The van der Waals surface area contributed by atoms with Crippen molar-refractivity contribution in [3.8, 4) is 0 Å². The molecular weight excluding hydrogens is 188 g/mol. The zero-order chi connectivity index (χ0) is 9.84. The molecule has 0 aliphatic carbocycles. The van der Waals surface area contributed by atoms with Crippen LogP contribution in [0.2, 0.25) is 5.02 Å². The van der Waals surface area contributed by atoms with Crippen LogP contribution in [0, 0.1) is 0 Å². The fourth-order valence-corrected chi connectivity index (χ4v) is 0.981. The molecule has 2 nitrogen and oxygen atoms in total. The van der Waals surface area contributed by atoms with Gasteiger partial charge in [-0.25, -0.2) is 0 Å². The van der Waals surface area contributed by atoms with Crippen LogP contribution in [-0.2, 0) is 4.74 Å². The van der Waals surface area contributed by atoms with Crippen LogP contribution in [0.4, 0.5) is 0 Å². The summed E-state index contributed by atoms with van der Waals surface area (Å²) in [5, 5.41) is 0.597. The average molecular weight is 197 g/mol. The van der Waals surface area contributed by atoms with Crippen molar-refractivity contribution in [2.75, 3.05) is 7.11 Å². The quantitative estimate of drug-likeness (QED) is 0.422. The van der Waals surface area contributed by atoms with Crippen molar-refractivity contribution in [1.82, 2.24) is 0 Å². The van der Waals surface area contributed by atoms with Crippen LogP contribution in [0.1, 0.15) is 10.4 Å². The Labute approximate surface area is 81.8 Å². The standard InChI is InChI=1S/C10H9ClO2/c1-7(13-2)10(12)8-3-5-9(11)6-4-8/h3-6H,1H2,2H3. The van der Waals surface area contributed by atoms with Gasteiger partial charge in [-0.3, -0.25) is 4.79 Å². The molecule has 0 heterocycles. The monoisotopic (exact) mass is 196 g/mol. The van der Waals surface area contributed by atoms with Crippen LogP contribution in [0.25, 0.3) is 0 Å². The highest BCUT2D eigenvalue weighted by Gasteiger charge is 2.09. The van der Waals surface area contributed by atoms with Crippen molar-refractivity contribution >= 4 is 17.4 Å². The van der Waals surface area contributed by atoms with E-state index in [1.807, 2.05) is 0 Å². The molecule has 0 saturated heterocycles. The average Bonchev–Trinajstić information content (AvgIpc) is 2.17. The molecule has 3 heteroatoms. The lowest BCUT2D eigenvalue weighted by Gasteiger charge is -2.02. The number of ketones is 1. The summed E-state index contributed by atoms with van der Waals surface area (Å²) in [6.45, 7) is 3.47. The molecule has 1 aromatic rings. The predicted octanol–water partition coefficient (Wildman–Crippen LogP) is 2.68. The smallest absolute Gasteiger partial charge is 0.226 e. The van der Waals surface area contributed by atoms with Crippen molar-refractivity contribution in [2.24, 2.45) is 0 Å². The molecule has 0 aliphatic rings. The molecular formula is C10H9ClO2. The Bertz CT molecular complexity index is 327. The third-order valence-corrected chi connectivity index (χ3v) is 1.86. The Morgan fingerprint density at radius 1 is 1.38 bits per heavy atom. The number of halogens is 1. The number of carbonyl (C=O) groups is 1. The van der Waals surface area contributed by atoms with E-state index >= 15 is 0 Å². The van der Waals surface area contributed by atoms with Gasteiger partial charge in [0, 0.05) is 10.6 Å². The number of methoxy groups -OCH3 is 1. The summed E-state index contributed by atoms with van der Waals surface area (Å²) < 4.78 is 4.72. The van der Waals surface area contributed by atoms with Crippen LogP contribution in [0.15, 0.2) is 36.6 Å². The molecule has 0 saturated carbocycles. The molecule has 0 bridgehead atoms. The van der Waals surface area contributed by atoms with Gasteiger partial charge in [0.25, 0.3) is 0 Å². The van der Waals surface area contributed by atoms with Gasteiger partial charge in [0.05, 0.1) is 7.11 Å². The molecule has 0 N–H and O–H groups in total. The summed E-state index contributed by atoms with van der Waals surface area (Å²) in [6.07, 6.45) is 0. The summed E-state index contributed by atoms with van der Waals surface area (Å²) in [5.74, 6) is -0.0958. The van der Waals surface area contributed by atoms with Crippen molar-refractivity contribution in [3.63, 3.8) is 0 Å².